The molecule has 3 rings (SSSR count). The first-order chi connectivity index (χ1) is 11.9. The summed E-state index contributed by atoms with van der Waals surface area (Å²) in [5.74, 6) is 0.362. The predicted octanol–water partition coefficient (Wildman–Crippen LogP) is 1.64. The van der Waals surface area contributed by atoms with Gasteiger partial charge in [-0.25, -0.2) is 13.1 Å². The van der Waals surface area contributed by atoms with Crippen LogP contribution < -0.4 is 4.72 Å². The fourth-order valence-corrected chi connectivity index (χ4v) is 4.34. The number of sulfonamides is 1. The zero-order valence-electron chi connectivity index (χ0n) is 14.6. The third kappa shape index (κ3) is 4.80. The molecule has 2 fully saturated rings. The maximum Gasteiger partial charge on any atom is 0.253 e. The first-order valence-electron chi connectivity index (χ1n) is 8.80. The number of likely N-dealkylation sites (tertiary alicyclic amines) is 1. The second-order valence-electron chi connectivity index (χ2n) is 7.17. The summed E-state index contributed by atoms with van der Waals surface area (Å²) in [6.07, 6.45) is 4.53. The van der Waals surface area contributed by atoms with E-state index in [2.05, 4.69) is 4.72 Å². The van der Waals surface area contributed by atoms with Gasteiger partial charge < -0.3 is 9.64 Å². The van der Waals surface area contributed by atoms with E-state index in [9.17, 15) is 13.2 Å². The van der Waals surface area contributed by atoms with Crippen molar-refractivity contribution in [2.24, 2.45) is 5.92 Å². The SMILES string of the molecule is CS(=O)(=O)NCC1CCOC2(CCN(C(=O)c3ccccc3)CC2)C1. The van der Waals surface area contributed by atoms with Gasteiger partial charge in [-0.05, 0) is 43.7 Å². The number of ether oxygens (including phenoxy) is 1. The van der Waals surface area contributed by atoms with E-state index in [4.69, 9.17) is 4.74 Å². The van der Waals surface area contributed by atoms with Crippen LogP contribution in [0.1, 0.15) is 36.0 Å². The molecule has 6 nitrogen and oxygen atoms in total. The fraction of sp³-hybridized carbons (Fsp3) is 0.611. The molecule has 0 bridgehead atoms. The van der Waals surface area contributed by atoms with E-state index < -0.39 is 10.0 Å². The highest BCUT2D eigenvalue weighted by molar-refractivity contribution is 7.88. The van der Waals surface area contributed by atoms with Crippen LogP contribution in [0, 0.1) is 5.92 Å². The normalized spacial score (nSPS) is 23.6. The Labute approximate surface area is 149 Å². The lowest BCUT2D eigenvalue weighted by Crippen LogP contribution is -2.51. The van der Waals surface area contributed by atoms with Gasteiger partial charge in [0.25, 0.3) is 5.91 Å². The second-order valence-corrected chi connectivity index (χ2v) is 9.00. The van der Waals surface area contributed by atoms with Gasteiger partial charge in [0.05, 0.1) is 11.9 Å². The van der Waals surface area contributed by atoms with Gasteiger partial charge in [-0.2, -0.15) is 0 Å². The number of benzene rings is 1. The van der Waals surface area contributed by atoms with Crippen molar-refractivity contribution >= 4 is 15.9 Å². The molecule has 1 atom stereocenters. The number of rotatable bonds is 4. The molecular weight excluding hydrogens is 340 g/mol. The lowest BCUT2D eigenvalue weighted by atomic mass is 9.79. The minimum absolute atomic E-state index is 0.0709. The third-order valence-electron chi connectivity index (χ3n) is 5.21. The first-order valence-corrected chi connectivity index (χ1v) is 10.7. The minimum atomic E-state index is -3.16. The van der Waals surface area contributed by atoms with Crippen LogP contribution in [0.5, 0.6) is 0 Å². The third-order valence-corrected chi connectivity index (χ3v) is 5.90. The van der Waals surface area contributed by atoms with Gasteiger partial charge in [0.2, 0.25) is 10.0 Å². The quantitative estimate of drug-likeness (QED) is 0.879. The molecule has 2 aliphatic heterocycles. The number of hydrogen-bond acceptors (Lipinski definition) is 4. The topological polar surface area (TPSA) is 75.7 Å². The number of nitrogens with one attached hydrogen (secondary N) is 1. The highest BCUT2D eigenvalue weighted by Crippen LogP contribution is 2.37. The molecule has 2 aliphatic rings. The van der Waals surface area contributed by atoms with Crippen molar-refractivity contribution in [3.05, 3.63) is 35.9 Å². The van der Waals surface area contributed by atoms with Crippen LogP contribution in [-0.2, 0) is 14.8 Å². The Kier molecular flexibility index (Phi) is 5.46. The molecule has 1 N–H and O–H groups in total. The van der Waals surface area contributed by atoms with Crippen LogP contribution in [0.25, 0.3) is 0 Å². The van der Waals surface area contributed by atoms with Gasteiger partial charge in [-0.3, -0.25) is 4.79 Å². The summed E-state index contributed by atoms with van der Waals surface area (Å²) in [6.45, 7) is 2.49. The number of nitrogens with zero attached hydrogens (tertiary/aromatic N) is 1. The van der Waals surface area contributed by atoms with Gasteiger partial charge in [-0.15, -0.1) is 0 Å². The Morgan fingerprint density at radius 1 is 1.28 bits per heavy atom. The highest BCUT2D eigenvalue weighted by atomic mass is 32.2. The Hall–Kier alpha value is -1.44. The van der Waals surface area contributed by atoms with Crippen molar-refractivity contribution in [3.63, 3.8) is 0 Å². The van der Waals surface area contributed by atoms with Crippen molar-refractivity contribution < 1.29 is 17.9 Å². The number of amides is 1. The highest BCUT2D eigenvalue weighted by Gasteiger charge is 2.41. The Morgan fingerprint density at radius 3 is 2.60 bits per heavy atom. The van der Waals surface area contributed by atoms with Gasteiger partial charge in [0, 0.05) is 31.8 Å². The smallest absolute Gasteiger partial charge is 0.253 e. The minimum Gasteiger partial charge on any atom is -0.375 e. The molecular formula is C18H26N2O4S. The monoisotopic (exact) mass is 366 g/mol. The van der Waals surface area contributed by atoms with Crippen LogP contribution in [0.2, 0.25) is 0 Å². The van der Waals surface area contributed by atoms with Crippen LogP contribution in [0.4, 0.5) is 0 Å². The Morgan fingerprint density at radius 2 is 1.96 bits per heavy atom. The van der Waals surface area contributed by atoms with Gasteiger partial charge in [-0.1, -0.05) is 18.2 Å². The van der Waals surface area contributed by atoms with E-state index in [1.54, 1.807) is 0 Å². The Bertz CT molecular complexity index is 697. The van der Waals surface area contributed by atoms with E-state index in [1.165, 1.54) is 6.26 Å². The van der Waals surface area contributed by atoms with E-state index in [0.29, 0.717) is 32.2 Å². The summed E-state index contributed by atoms with van der Waals surface area (Å²) in [5, 5.41) is 0. The average molecular weight is 366 g/mol. The molecule has 1 amide bonds. The summed E-state index contributed by atoms with van der Waals surface area (Å²) in [4.78, 5) is 14.4. The molecule has 2 saturated heterocycles. The number of piperidine rings is 1. The average Bonchev–Trinajstić information content (AvgIpc) is 2.60. The first kappa shape index (κ1) is 18.4. The van der Waals surface area contributed by atoms with Crippen molar-refractivity contribution in [2.75, 3.05) is 32.5 Å². The lowest BCUT2D eigenvalue weighted by Gasteiger charge is -2.46. The van der Waals surface area contributed by atoms with Gasteiger partial charge in [0.15, 0.2) is 0 Å². The molecule has 2 heterocycles. The summed E-state index contributed by atoms with van der Waals surface area (Å²) in [6, 6.07) is 9.35. The second kappa shape index (κ2) is 7.43. The predicted molar refractivity (Wildman–Crippen MR) is 95.8 cm³/mol. The van der Waals surface area contributed by atoms with Crippen molar-refractivity contribution in [1.29, 1.82) is 0 Å². The van der Waals surface area contributed by atoms with Crippen molar-refractivity contribution in [2.45, 2.75) is 31.3 Å². The van der Waals surface area contributed by atoms with Gasteiger partial charge in [0.1, 0.15) is 0 Å². The molecule has 1 unspecified atom stereocenters. The summed E-state index contributed by atoms with van der Waals surface area (Å²) >= 11 is 0. The lowest BCUT2D eigenvalue weighted by molar-refractivity contribution is -0.122. The van der Waals surface area contributed by atoms with E-state index in [-0.39, 0.29) is 11.5 Å². The molecule has 0 radical (unpaired) electrons. The standard InChI is InChI=1S/C18H26N2O4S/c1-25(22,23)19-14-15-7-12-24-18(13-15)8-10-20(11-9-18)17(21)16-5-3-2-4-6-16/h2-6,15,19H,7-14H2,1H3. The molecule has 1 aromatic rings. The van der Waals surface area contributed by atoms with Gasteiger partial charge >= 0.3 is 0 Å². The van der Waals surface area contributed by atoms with Crippen LogP contribution in [0.3, 0.4) is 0 Å². The van der Waals surface area contributed by atoms with Crippen molar-refractivity contribution in [1.82, 2.24) is 9.62 Å². The summed E-state index contributed by atoms with van der Waals surface area (Å²) in [5.41, 5.74) is 0.508. The number of hydrogen-bond donors (Lipinski definition) is 1. The molecule has 1 aromatic carbocycles. The molecule has 1 spiro atoms. The van der Waals surface area contributed by atoms with E-state index in [1.807, 2.05) is 35.2 Å². The van der Waals surface area contributed by atoms with Crippen LogP contribution >= 0.6 is 0 Å². The fourth-order valence-electron chi connectivity index (χ4n) is 3.80. The summed E-state index contributed by atoms with van der Waals surface area (Å²) < 4.78 is 31.3. The zero-order chi connectivity index (χ0) is 17.9. The molecule has 138 valence electrons. The van der Waals surface area contributed by atoms with E-state index >= 15 is 0 Å². The zero-order valence-corrected chi connectivity index (χ0v) is 15.4. The molecule has 0 aromatic heterocycles. The molecule has 0 saturated carbocycles. The maximum atomic E-state index is 12.6. The van der Waals surface area contributed by atoms with E-state index in [0.717, 1.165) is 31.2 Å². The molecule has 7 heteroatoms. The largest absolute Gasteiger partial charge is 0.375 e. The number of carbonyl (C=O) groups excluding carboxylic acids is 1. The Balaban J connectivity index is 1.56. The van der Waals surface area contributed by atoms with Crippen LogP contribution in [-0.4, -0.2) is 57.3 Å². The molecule has 0 aliphatic carbocycles. The summed E-state index contributed by atoms with van der Waals surface area (Å²) in [7, 11) is -3.16. The van der Waals surface area contributed by atoms with Crippen LogP contribution in [0.15, 0.2) is 30.3 Å². The molecule has 25 heavy (non-hydrogen) atoms. The number of carbonyl (C=O) groups is 1. The van der Waals surface area contributed by atoms with Crippen molar-refractivity contribution in [3.8, 4) is 0 Å². The maximum absolute atomic E-state index is 12.6.